The summed E-state index contributed by atoms with van der Waals surface area (Å²) in [4.78, 5) is 4.60. The highest BCUT2D eigenvalue weighted by Crippen LogP contribution is 2.34. The molecular weight excluding hydrogens is 228 g/mol. The van der Waals surface area contributed by atoms with Gasteiger partial charge in [0.25, 0.3) is 0 Å². The molecule has 2 nitrogen and oxygen atoms in total. The lowest BCUT2D eigenvalue weighted by Gasteiger charge is -2.25. The molecule has 0 radical (unpaired) electrons. The molecule has 1 unspecified atom stereocenters. The van der Waals surface area contributed by atoms with Gasteiger partial charge in [-0.1, -0.05) is 49.0 Å². The van der Waals surface area contributed by atoms with Crippen molar-refractivity contribution in [2.45, 2.75) is 38.0 Å². The van der Waals surface area contributed by atoms with Gasteiger partial charge in [-0.2, -0.15) is 0 Å². The first kappa shape index (κ1) is 12.5. The molecule has 1 aromatic rings. The molecule has 1 N–H and O–H groups in total. The molecule has 3 heteroatoms. The van der Waals surface area contributed by atoms with Crippen LogP contribution >= 0.6 is 11.8 Å². The number of rotatable bonds is 3. The number of hydrogen-bond donors (Lipinski definition) is 1. The number of hydrogen-bond acceptors (Lipinski definition) is 3. The molecule has 0 bridgehead atoms. The molecule has 0 spiro atoms. The Labute approximate surface area is 108 Å². The largest absolute Gasteiger partial charge is 0.360 e. The summed E-state index contributed by atoms with van der Waals surface area (Å²) in [5.74, 6) is 0. The lowest BCUT2D eigenvalue weighted by atomic mass is 10.0. The SMILES string of the molecule is CCC(C)(C)NC1=NCC(c2ccccc2)S1. The Morgan fingerprint density at radius 3 is 2.71 bits per heavy atom. The summed E-state index contributed by atoms with van der Waals surface area (Å²) in [7, 11) is 0. The summed E-state index contributed by atoms with van der Waals surface area (Å²) in [6.45, 7) is 7.51. The molecule has 0 amide bonds. The number of amidine groups is 1. The third kappa shape index (κ3) is 3.25. The minimum Gasteiger partial charge on any atom is -0.360 e. The molecule has 92 valence electrons. The summed E-state index contributed by atoms with van der Waals surface area (Å²) in [5, 5.41) is 5.08. The summed E-state index contributed by atoms with van der Waals surface area (Å²) in [6, 6.07) is 10.6. The molecule has 1 atom stereocenters. The number of aliphatic imine (C=N–C) groups is 1. The van der Waals surface area contributed by atoms with Gasteiger partial charge < -0.3 is 5.32 Å². The van der Waals surface area contributed by atoms with Crippen LogP contribution in [0.4, 0.5) is 0 Å². The van der Waals surface area contributed by atoms with E-state index in [0.29, 0.717) is 5.25 Å². The lowest BCUT2D eigenvalue weighted by Crippen LogP contribution is -2.41. The maximum absolute atomic E-state index is 4.60. The zero-order valence-electron chi connectivity index (χ0n) is 10.7. The van der Waals surface area contributed by atoms with Gasteiger partial charge in [0.05, 0.1) is 11.8 Å². The second-order valence-electron chi connectivity index (χ2n) is 5.03. The van der Waals surface area contributed by atoms with Gasteiger partial charge in [-0.15, -0.1) is 0 Å². The zero-order valence-corrected chi connectivity index (χ0v) is 11.6. The molecule has 0 aromatic heterocycles. The fourth-order valence-corrected chi connectivity index (χ4v) is 2.86. The first-order valence-corrected chi connectivity index (χ1v) is 7.03. The Balaban J connectivity index is 1.95. The van der Waals surface area contributed by atoms with Crippen LogP contribution in [0.5, 0.6) is 0 Å². The third-order valence-corrected chi connectivity index (χ3v) is 4.32. The number of thioether (sulfide) groups is 1. The minimum atomic E-state index is 0.136. The topological polar surface area (TPSA) is 24.4 Å². The van der Waals surface area contributed by atoms with Gasteiger partial charge in [-0.05, 0) is 25.8 Å². The van der Waals surface area contributed by atoms with E-state index >= 15 is 0 Å². The highest BCUT2D eigenvalue weighted by atomic mass is 32.2. The number of nitrogens with one attached hydrogen (secondary N) is 1. The minimum absolute atomic E-state index is 0.136. The summed E-state index contributed by atoms with van der Waals surface area (Å²) in [5.41, 5.74) is 1.50. The van der Waals surface area contributed by atoms with Crippen molar-refractivity contribution < 1.29 is 0 Å². The maximum atomic E-state index is 4.60. The quantitative estimate of drug-likeness (QED) is 0.883. The van der Waals surface area contributed by atoms with Crippen molar-refractivity contribution in [3.05, 3.63) is 35.9 Å². The Morgan fingerprint density at radius 2 is 2.06 bits per heavy atom. The molecule has 1 heterocycles. The molecule has 1 aliphatic rings. The van der Waals surface area contributed by atoms with Gasteiger partial charge in [0.2, 0.25) is 0 Å². The molecule has 0 aliphatic carbocycles. The first-order chi connectivity index (χ1) is 8.11. The van der Waals surface area contributed by atoms with E-state index in [1.54, 1.807) is 0 Å². The van der Waals surface area contributed by atoms with Crippen molar-refractivity contribution >= 4 is 16.9 Å². The second-order valence-corrected chi connectivity index (χ2v) is 6.22. The van der Waals surface area contributed by atoms with Crippen molar-refractivity contribution in [1.29, 1.82) is 0 Å². The Bertz CT molecular complexity index is 398. The van der Waals surface area contributed by atoms with Crippen molar-refractivity contribution in [2.75, 3.05) is 6.54 Å². The normalized spacial score (nSPS) is 20.2. The van der Waals surface area contributed by atoms with Gasteiger partial charge >= 0.3 is 0 Å². The number of nitrogens with zero attached hydrogens (tertiary/aromatic N) is 1. The average Bonchev–Trinajstić information content (AvgIpc) is 2.78. The molecule has 0 fully saturated rings. The van der Waals surface area contributed by atoms with Crippen LogP contribution in [-0.2, 0) is 0 Å². The monoisotopic (exact) mass is 248 g/mol. The maximum Gasteiger partial charge on any atom is 0.157 e. The van der Waals surface area contributed by atoms with Crippen molar-refractivity contribution in [3.8, 4) is 0 Å². The molecule has 17 heavy (non-hydrogen) atoms. The zero-order chi connectivity index (χ0) is 12.3. The van der Waals surface area contributed by atoms with E-state index in [0.717, 1.165) is 18.1 Å². The van der Waals surface area contributed by atoms with E-state index in [-0.39, 0.29) is 5.54 Å². The van der Waals surface area contributed by atoms with E-state index in [4.69, 9.17) is 0 Å². The van der Waals surface area contributed by atoms with Gasteiger partial charge in [0, 0.05) is 5.54 Å². The summed E-state index contributed by atoms with van der Waals surface area (Å²) < 4.78 is 0. The Morgan fingerprint density at radius 1 is 1.35 bits per heavy atom. The Kier molecular flexibility index (Phi) is 3.77. The van der Waals surface area contributed by atoms with E-state index in [9.17, 15) is 0 Å². The van der Waals surface area contributed by atoms with Crippen LogP contribution in [0.2, 0.25) is 0 Å². The van der Waals surface area contributed by atoms with Crippen LogP contribution in [0.15, 0.2) is 35.3 Å². The van der Waals surface area contributed by atoms with Crippen LogP contribution < -0.4 is 5.32 Å². The summed E-state index contributed by atoms with van der Waals surface area (Å²) in [6.07, 6.45) is 1.10. The van der Waals surface area contributed by atoms with Crippen molar-refractivity contribution in [3.63, 3.8) is 0 Å². The fourth-order valence-electron chi connectivity index (χ4n) is 1.66. The lowest BCUT2D eigenvalue weighted by molar-refractivity contribution is 0.448. The Hall–Kier alpha value is -0.960. The molecular formula is C14H20N2S. The van der Waals surface area contributed by atoms with E-state index in [1.165, 1.54) is 5.56 Å². The molecule has 1 aliphatic heterocycles. The second kappa shape index (κ2) is 5.13. The van der Waals surface area contributed by atoms with Crippen LogP contribution in [0.1, 0.15) is 38.0 Å². The van der Waals surface area contributed by atoms with Crippen LogP contribution in [-0.4, -0.2) is 17.3 Å². The van der Waals surface area contributed by atoms with E-state index in [2.05, 4.69) is 61.4 Å². The van der Waals surface area contributed by atoms with Gasteiger partial charge in [0.1, 0.15) is 0 Å². The summed E-state index contributed by atoms with van der Waals surface area (Å²) >= 11 is 1.84. The van der Waals surface area contributed by atoms with Crippen molar-refractivity contribution in [1.82, 2.24) is 5.32 Å². The van der Waals surface area contributed by atoms with Crippen LogP contribution in [0.3, 0.4) is 0 Å². The fraction of sp³-hybridized carbons (Fsp3) is 0.500. The highest BCUT2D eigenvalue weighted by Gasteiger charge is 2.25. The predicted molar refractivity (Wildman–Crippen MR) is 76.6 cm³/mol. The van der Waals surface area contributed by atoms with E-state index < -0.39 is 0 Å². The van der Waals surface area contributed by atoms with Crippen molar-refractivity contribution in [2.24, 2.45) is 4.99 Å². The average molecular weight is 248 g/mol. The predicted octanol–water partition coefficient (Wildman–Crippen LogP) is 3.61. The highest BCUT2D eigenvalue weighted by molar-refractivity contribution is 8.14. The van der Waals surface area contributed by atoms with E-state index in [1.807, 2.05) is 11.8 Å². The first-order valence-electron chi connectivity index (χ1n) is 6.15. The van der Waals surface area contributed by atoms with Gasteiger partial charge in [-0.3, -0.25) is 4.99 Å². The molecule has 1 aromatic carbocycles. The van der Waals surface area contributed by atoms with Gasteiger partial charge in [0.15, 0.2) is 5.17 Å². The van der Waals surface area contributed by atoms with Gasteiger partial charge in [-0.25, -0.2) is 0 Å². The van der Waals surface area contributed by atoms with Crippen LogP contribution in [0, 0.1) is 0 Å². The van der Waals surface area contributed by atoms with Crippen LogP contribution in [0.25, 0.3) is 0 Å². The molecule has 2 rings (SSSR count). The third-order valence-electron chi connectivity index (χ3n) is 3.16. The molecule has 0 saturated carbocycles. The standard InChI is InChI=1S/C14H20N2S/c1-4-14(2,3)16-13-15-10-12(17-13)11-8-6-5-7-9-11/h5-9,12H,4,10H2,1-3H3,(H,15,16). The molecule has 0 saturated heterocycles. The smallest absolute Gasteiger partial charge is 0.157 e. The number of benzene rings is 1.